The van der Waals surface area contributed by atoms with Crippen LogP contribution in [-0.2, 0) is 9.59 Å². The van der Waals surface area contributed by atoms with Gasteiger partial charge in [-0.15, -0.1) is 0 Å². The summed E-state index contributed by atoms with van der Waals surface area (Å²) >= 11 is 0. The first-order valence-corrected chi connectivity index (χ1v) is 8.16. The van der Waals surface area contributed by atoms with E-state index in [0.29, 0.717) is 19.0 Å². The van der Waals surface area contributed by atoms with Gasteiger partial charge in [0.2, 0.25) is 11.8 Å². The molecule has 2 amide bonds. The van der Waals surface area contributed by atoms with Gasteiger partial charge in [0.1, 0.15) is 0 Å². The third kappa shape index (κ3) is 3.96. The minimum atomic E-state index is -0.820. The third-order valence-corrected chi connectivity index (χ3v) is 4.78. The Labute approximate surface area is 127 Å². The van der Waals surface area contributed by atoms with E-state index < -0.39 is 5.54 Å². The van der Waals surface area contributed by atoms with Crippen molar-refractivity contribution in [3.8, 4) is 0 Å². The Bertz CT molecular complexity index is 387. The van der Waals surface area contributed by atoms with E-state index in [1.54, 1.807) is 13.8 Å². The molecule has 0 aliphatic carbocycles. The number of rotatable bonds is 2. The molecule has 2 N–H and O–H groups in total. The highest BCUT2D eigenvalue weighted by molar-refractivity contribution is 5.85. The van der Waals surface area contributed by atoms with Crippen LogP contribution in [0.5, 0.6) is 0 Å². The van der Waals surface area contributed by atoms with Gasteiger partial charge in [0.05, 0.1) is 5.54 Å². The fourth-order valence-electron chi connectivity index (χ4n) is 3.22. The van der Waals surface area contributed by atoms with Crippen LogP contribution in [0.2, 0.25) is 0 Å². The number of piperidine rings is 2. The highest BCUT2D eigenvalue weighted by Gasteiger charge is 2.34. The monoisotopic (exact) mass is 295 g/mol. The number of hydrogen-bond donors (Lipinski definition) is 1. The molecule has 0 radical (unpaired) electrons. The van der Waals surface area contributed by atoms with Crippen LogP contribution >= 0.6 is 0 Å². The topological polar surface area (TPSA) is 66.6 Å². The summed E-state index contributed by atoms with van der Waals surface area (Å²) in [7, 11) is 0. The van der Waals surface area contributed by atoms with Crippen molar-refractivity contribution >= 4 is 11.8 Å². The van der Waals surface area contributed by atoms with E-state index in [4.69, 9.17) is 5.73 Å². The second-order valence-corrected chi connectivity index (χ2v) is 7.30. The number of nitrogens with two attached hydrogens (primary N) is 1. The average Bonchev–Trinajstić information content (AvgIpc) is 2.46. The molecule has 0 saturated carbocycles. The molecule has 0 bridgehead atoms. The first-order chi connectivity index (χ1) is 9.79. The number of likely N-dealkylation sites (tertiary alicyclic amines) is 2. The number of carbonyl (C=O) groups is 2. The van der Waals surface area contributed by atoms with Crippen molar-refractivity contribution in [1.29, 1.82) is 0 Å². The highest BCUT2D eigenvalue weighted by atomic mass is 16.2. The molecule has 0 aromatic heterocycles. The van der Waals surface area contributed by atoms with Gasteiger partial charge in [0.25, 0.3) is 0 Å². The zero-order valence-electron chi connectivity index (χ0n) is 13.6. The summed E-state index contributed by atoms with van der Waals surface area (Å²) in [5.74, 6) is 1.10. The molecule has 2 aliphatic rings. The Morgan fingerprint density at radius 2 is 1.43 bits per heavy atom. The molecule has 0 spiro atoms. The predicted molar refractivity (Wildman–Crippen MR) is 82.5 cm³/mol. The van der Waals surface area contributed by atoms with Gasteiger partial charge in [0, 0.05) is 32.1 Å². The normalized spacial score (nSPS) is 22.5. The molecule has 2 aliphatic heterocycles. The maximum atomic E-state index is 12.5. The van der Waals surface area contributed by atoms with Crippen LogP contribution in [-0.4, -0.2) is 53.3 Å². The van der Waals surface area contributed by atoms with Crippen LogP contribution < -0.4 is 5.73 Å². The molecule has 0 unspecified atom stereocenters. The molecular weight excluding hydrogens is 266 g/mol. The second kappa shape index (κ2) is 6.34. The Morgan fingerprint density at radius 3 is 1.90 bits per heavy atom. The van der Waals surface area contributed by atoms with Crippen molar-refractivity contribution in [3.05, 3.63) is 0 Å². The molecule has 5 nitrogen and oxygen atoms in total. The van der Waals surface area contributed by atoms with Crippen LogP contribution in [0.25, 0.3) is 0 Å². The number of nitrogens with zero attached hydrogens (tertiary/aromatic N) is 2. The molecule has 2 heterocycles. The first-order valence-electron chi connectivity index (χ1n) is 8.16. The lowest BCUT2D eigenvalue weighted by Gasteiger charge is -2.38. The van der Waals surface area contributed by atoms with E-state index in [1.807, 2.05) is 9.80 Å². The molecule has 2 saturated heterocycles. The summed E-state index contributed by atoms with van der Waals surface area (Å²) < 4.78 is 0. The lowest BCUT2D eigenvalue weighted by Crippen LogP contribution is -2.54. The Hall–Kier alpha value is -1.10. The van der Waals surface area contributed by atoms with E-state index in [1.165, 1.54) is 0 Å². The van der Waals surface area contributed by atoms with Crippen molar-refractivity contribution in [1.82, 2.24) is 9.80 Å². The summed E-state index contributed by atoms with van der Waals surface area (Å²) in [4.78, 5) is 28.5. The Balaban J connectivity index is 1.83. The van der Waals surface area contributed by atoms with Crippen molar-refractivity contribution in [2.24, 2.45) is 17.6 Å². The molecule has 21 heavy (non-hydrogen) atoms. The summed E-state index contributed by atoms with van der Waals surface area (Å²) in [6.45, 7) is 8.83. The van der Waals surface area contributed by atoms with E-state index in [9.17, 15) is 9.59 Å². The third-order valence-electron chi connectivity index (χ3n) is 4.78. The van der Waals surface area contributed by atoms with Gasteiger partial charge in [-0.2, -0.15) is 0 Å². The number of carbonyl (C=O) groups excluding carboxylic acids is 2. The van der Waals surface area contributed by atoms with Gasteiger partial charge in [-0.1, -0.05) is 6.92 Å². The predicted octanol–water partition coefficient (Wildman–Crippen LogP) is 1.22. The van der Waals surface area contributed by atoms with Gasteiger partial charge in [-0.25, -0.2) is 0 Å². The van der Waals surface area contributed by atoms with Gasteiger partial charge in [-0.3, -0.25) is 9.59 Å². The van der Waals surface area contributed by atoms with Crippen molar-refractivity contribution in [2.45, 2.75) is 52.0 Å². The summed E-state index contributed by atoms with van der Waals surface area (Å²) in [5.41, 5.74) is 5.05. The molecule has 120 valence electrons. The van der Waals surface area contributed by atoms with Crippen LogP contribution in [0.1, 0.15) is 46.5 Å². The van der Waals surface area contributed by atoms with Gasteiger partial charge in [0.15, 0.2) is 0 Å². The van der Waals surface area contributed by atoms with Crippen molar-refractivity contribution < 1.29 is 9.59 Å². The van der Waals surface area contributed by atoms with Crippen LogP contribution in [0.4, 0.5) is 0 Å². The van der Waals surface area contributed by atoms with Crippen LogP contribution in [0, 0.1) is 11.8 Å². The van der Waals surface area contributed by atoms with E-state index in [-0.39, 0.29) is 11.8 Å². The summed E-state index contributed by atoms with van der Waals surface area (Å²) in [6, 6.07) is 0. The van der Waals surface area contributed by atoms with Crippen LogP contribution in [0.15, 0.2) is 0 Å². The molecule has 2 fully saturated rings. The zero-order valence-corrected chi connectivity index (χ0v) is 13.6. The highest BCUT2D eigenvalue weighted by Crippen LogP contribution is 2.24. The molecular formula is C16H29N3O2. The molecule has 0 aromatic carbocycles. The Morgan fingerprint density at radius 1 is 0.952 bits per heavy atom. The van der Waals surface area contributed by atoms with E-state index in [0.717, 1.165) is 44.7 Å². The van der Waals surface area contributed by atoms with E-state index >= 15 is 0 Å². The van der Waals surface area contributed by atoms with Gasteiger partial charge >= 0.3 is 0 Å². The standard InChI is InChI=1S/C16H29N3O2/c1-12-4-8-18(9-5-12)14(20)13-6-10-19(11-7-13)15(21)16(2,3)17/h12-13H,4-11,17H2,1-3H3. The van der Waals surface area contributed by atoms with Crippen molar-refractivity contribution in [2.75, 3.05) is 26.2 Å². The average molecular weight is 295 g/mol. The maximum Gasteiger partial charge on any atom is 0.242 e. The van der Waals surface area contributed by atoms with E-state index in [2.05, 4.69) is 6.92 Å². The minimum Gasteiger partial charge on any atom is -0.342 e. The largest absolute Gasteiger partial charge is 0.342 e. The van der Waals surface area contributed by atoms with Crippen molar-refractivity contribution in [3.63, 3.8) is 0 Å². The molecule has 0 aromatic rings. The lowest BCUT2D eigenvalue weighted by molar-refractivity contribution is -0.143. The minimum absolute atomic E-state index is 0.0137. The fraction of sp³-hybridized carbons (Fsp3) is 0.875. The molecule has 0 atom stereocenters. The maximum absolute atomic E-state index is 12.5. The first kappa shape index (κ1) is 16.3. The van der Waals surface area contributed by atoms with Gasteiger partial charge in [-0.05, 0) is 45.4 Å². The quantitative estimate of drug-likeness (QED) is 0.833. The number of amides is 2. The number of hydrogen-bond acceptors (Lipinski definition) is 3. The Kier molecular flexibility index (Phi) is 4.91. The fourth-order valence-corrected chi connectivity index (χ4v) is 3.22. The van der Waals surface area contributed by atoms with Gasteiger partial charge < -0.3 is 15.5 Å². The van der Waals surface area contributed by atoms with Crippen LogP contribution in [0.3, 0.4) is 0 Å². The lowest BCUT2D eigenvalue weighted by atomic mass is 9.92. The molecule has 2 rings (SSSR count). The second-order valence-electron chi connectivity index (χ2n) is 7.30. The molecule has 5 heteroatoms. The summed E-state index contributed by atoms with van der Waals surface area (Å²) in [5, 5.41) is 0. The smallest absolute Gasteiger partial charge is 0.242 e. The zero-order chi connectivity index (χ0) is 15.6. The SMILES string of the molecule is CC1CCN(C(=O)C2CCN(C(=O)C(C)(C)N)CC2)CC1. The summed E-state index contributed by atoms with van der Waals surface area (Å²) in [6.07, 6.45) is 3.77.